The molecule has 0 spiro atoms. The summed E-state index contributed by atoms with van der Waals surface area (Å²) in [4.78, 5) is 43.3. The molecule has 0 aromatic rings. The molecule has 1 amide bonds. The third-order valence-corrected chi connectivity index (χ3v) is 17.3. The Balaban J connectivity index is 1.45. The Morgan fingerprint density at radius 2 is 1.20 bits per heavy atom. The van der Waals surface area contributed by atoms with Crippen molar-refractivity contribution in [3.05, 3.63) is 0 Å². The van der Waals surface area contributed by atoms with Crippen LogP contribution in [0.4, 0.5) is 0 Å². The lowest BCUT2D eigenvalue weighted by Gasteiger charge is -2.62. The summed E-state index contributed by atoms with van der Waals surface area (Å²) in [7, 11) is 0. The summed E-state index contributed by atoms with van der Waals surface area (Å²) in [6.07, 6.45) is 24.9. The van der Waals surface area contributed by atoms with Gasteiger partial charge in [-0.3, -0.25) is 14.4 Å². The highest BCUT2D eigenvalue weighted by molar-refractivity contribution is 7.80. The topological polar surface area (TPSA) is 121 Å². The number of carbonyl (C=O) groups is 3. The summed E-state index contributed by atoms with van der Waals surface area (Å²) in [5.41, 5.74) is -0.0647. The second-order valence-corrected chi connectivity index (χ2v) is 23.2. The van der Waals surface area contributed by atoms with Crippen molar-refractivity contribution in [2.75, 3.05) is 26.2 Å². The molecule has 0 aliphatic heterocycles. The highest BCUT2D eigenvalue weighted by Gasteiger charge is 2.65. The first-order valence-corrected chi connectivity index (χ1v) is 28.1. The molecule has 0 saturated heterocycles. The number of carbonyl (C=O) groups excluding carboxylic acids is 3. The molecule has 0 aromatic carbocycles. The smallest absolute Gasteiger partial charge is 0.307 e. The SMILES string of the molecule is CCCCCCCCN(CCCCCCCC)C(=O)CC[C@@H](C)[C@H]1CC[C@H]2[C@@H]3CC[C@@H]4C[C@H](OC(=O)CCNC(=S)NC(C)C)CC[C@]4(C)[C@H]3C[C@H](OC(=O)CCNC(=S)NC(C)C)[C@]12C. The van der Waals surface area contributed by atoms with Crippen molar-refractivity contribution in [1.29, 1.82) is 0 Å². The highest BCUT2D eigenvalue weighted by atomic mass is 32.1. The Morgan fingerprint density at radius 1 is 0.652 bits per heavy atom. The Morgan fingerprint density at radius 3 is 1.76 bits per heavy atom. The van der Waals surface area contributed by atoms with Crippen molar-refractivity contribution in [2.24, 2.45) is 46.3 Å². The molecule has 4 aliphatic rings. The van der Waals surface area contributed by atoms with Crippen LogP contribution in [0.1, 0.15) is 216 Å². The zero-order valence-electron chi connectivity index (χ0n) is 43.4. The van der Waals surface area contributed by atoms with E-state index >= 15 is 0 Å². The predicted molar refractivity (Wildman–Crippen MR) is 279 cm³/mol. The predicted octanol–water partition coefficient (Wildman–Crippen LogP) is 11.6. The van der Waals surface area contributed by atoms with Crippen LogP contribution in [0.2, 0.25) is 0 Å². The van der Waals surface area contributed by atoms with Gasteiger partial charge in [0.25, 0.3) is 0 Å². The molecule has 0 unspecified atom stereocenters. The fraction of sp³-hybridized carbons (Fsp3) is 0.907. The van der Waals surface area contributed by atoms with Crippen molar-refractivity contribution in [1.82, 2.24) is 26.2 Å². The molecule has 380 valence electrons. The quantitative estimate of drug-likeness (QED) is 0.0341. The van der Waals surface area contributed by atoms with Gasteiger partial charge in [0, 0.05) is 50.1 Å². The van der Waals surface area contributed by atoms with E-state index in [9.17, 15) is 14.4 Å². The number of fused-ring (bicyclic) bond motifs is 5. The van der Waals surface area contributed by atoms with Crippen LogP contribution in [0.25, 0.3) is 0 Å². The lowest BCUT2D eigenvalue weighted by atomic mass is 9.43. The molecule has 4 fully saturated rings. The Bertz CT molecular complexity index is 1500. The molecule has 12 heteroatoms. The van der Waals surface area contributed by atoms with E-state index in [1.165, 1.54) is 70.6 Å². The Hall–Kier alpha value is -2.21. The van der Waals surface area contributed by atoms with Crippen molar-refractivity contribution in [2.45, 2.75) is 241 Å². The van der Waals surface area contributed by atoms with E-state index < -0.39 is 0 Å². The molecule has 0 heterocycles. The molecule has 66 heavy (non-hydrogen) atoms. The first kappa shape index (κ1) is 56.4. The van der Waals surface area contributed by atoms with Crippen molar-refractivity contribution in [3.8, 4) is 0 Å². The lowest BCUT2D eigenvalue weighted by molar-refractivity contribution is -0.199. The zero-order chi connectivity index (χ0) is 48.3. The van der Waals surface area contributed by atoms with Crippen LogP contribution in [-0.4, -0.2) is 83.4 Å². The van der Waals surface area contributed by atoms with Gasteiger partial charge >= 0.3 is 11.9 Å². The van der Waals surface area contributed by atoms with E-state index in [1.807, 2.05) is 27.7 Å². The average Bonchev–Trinajstić information content (AvgIpc) is 3.62. The van der Waals surface area contributed by atoms with Gasteiger partial charge in [-0.2, -0.15) is 0 Å². The van der Waals surface area contributed by atoms with Crippen LogP contribution in [-0.2, 0) is 23.9 Å². The number of nitrogens with zero attached hydrogens (tertiary/aromatic N) is 1. The average molecular weight is 961 g/mol. The monoisotopic (exact) mass is 960 g/mol. The van der Waals surface area contributed by atoms with E-state index in [1.54, 1.807) is 0 Å². The van der Waals surface area contributed by atoms with E-state index in [0.29, 0.717) is 71.1 Å². The molecule has 0 bridgehead atoms. The van der Waals surface area contributed by atoms with Gasteiger partial charge in [0.05, 0.1) is 12.8 Å². The molecule has 0 aromatic heterocycles. The molecule has 4 saturated carbocycles. The number of unbranched alkanes of at least 4 members (excludes halogenated alkanes) is 10. The van der Waals surface area contributed by atoms with Crippen molar-refractivity contribution < 1.29 is 23.9 Å². The van der Waals surface area contributed by atoms with Gasteiger partial charge in [0.1, 0.15) is 12.2 Å². The number of amides is 1. The zero-order valence-corrected chi connectivity index (χ0v) is 45.0. The summed E-state index contributed by atoms with van der Waals surface area (Å²) in [5, 5.41) is 13.8. The standard InChI is InChI=1S/C54H97N5O5S2/c1-10-12-14-16-18-20-34-59(35-21-19-17-15-13-11-2)48(60)27-22-40(7)44-25-26-45-43-24-23-41-36-42(63-49(61)29-32-55-51(65)57-38(3)4)28-31-53(41,8)46(43)37-47(54(44,45)9)64-50(62)30-33-56-52(66)58-39(5)6/h38-47H,10-37H2,1-9H3,(H2,55,57,65)(H2,56,58,66)/t40-,41-,42-,43+,44-,45+,46+,47+,53+,54-/m1/s1. The summed E-state index contributed by atoms with van der Waals surface area (Å²) in [6.45, 7) is 22.7. The fourth-order valence-corrected chi connectivity index (χ4v) is 14.0. The first-order chi connectivity index (χ1) is 31.5. The maximum atomic E-state index is 14.1. The third-order valence-electron chi connectivity index (χ3n) is 16.8. The molecule has 4 aliphatic carbocycles. The second-order valence-electron chi connectivity index (χ2n) is 22.3. The summed E-state index contributed by atoms with van der Waals surface area (Å²) in [6, 6.07) is 0.449. The summed E-state index contributed by atoms with van der Waals surface area (Å²) in [5.74, 6) is 2.68. The number of nitrogens with one attached hydrogen (secondary N) is 4. The normalized spacial score (nSPS) is 28.4. The van der Waals surface area contributed by atoms with Crippen LogP contribution >= 0.6 is 24.4 Å². The third kappa shape index (κ3) is 16.7. The van der Waals surface area contributed by atoms with Crippen LogP contribution in [0.5, 0.6) is 0 Å². The molecule has 0 radical (unpaired) electrons. The van der Waals surface area contributed by atoms with Crippen molar-refractivity contribution in [3.63, 3.8) is 0 Å². The number of esters is 2. The number of hydrogen-bond donors (Lipinski definition) is 4. The second kappa shape index (κ2) is 28.5. The number of ether oxygens (including phenoxy) is 2. The van der Waals surface area contributed by atoms with Crippen LogP contribution < -0.4 is 21.3 Å². The van der Waals surface area contributed by atoms with Crippen LogP contribution in [0, 0.1) is 46.3 Å². The largest absolute Gasteiger partial charge is 0.462 e. The van der Waals surface area contributed by atoms with Gasteiger partial charge in [0.15, 0.2) is 10.2 Å². The van der Waals surface area contributed by atoms with Gasteiger partial charge in [0.2, 0.25) is 5.91 Å². The van der Waals surface area contributed by atoms with Gasteiger partial charge in [-0.15, -0.1) is 0 Å². The maximum Gasteiger partial charge on any atom is 0.307 e. The van der Waals surface area contributed by atoms with E-state index in [2.05, 4.69) is 60.8 Å². The molecular formula is C54H97N5O5S2. The minimum Gasteiger partial charge on any atom is -0.462 e. The first-order valence-electron chi connectivity index (χ1n) is 27.3. The molecule has 4 N–H and O–H groups in total. The van der Waals surface area contributed by atoms with Crippen molar-refractivity contribution >= 4 is 52.5 Å². The van der Waals surface area contributed by atoms with Gasteiger partial charge in [-0.1, -0.05) is 98.8 Å². The van der Waals surface area contributed by atoms with Crippen LogP contribution in [0.15, 0.2) is 0 Å². The minimum atomic E-state index is -0.186. The Labute approximate surface area is 413 Å². The van der Waals surface area contributed by atoms with E-state index in [-0.39, 0.29) is 59.9 Å². The number of thiocarbonyl (C=S) groups is 2. The van der Waals surface area contributed by atoms with Crippen LogP contribution in [0.3, 0.4) is 0 Å². The summed E-state index contributed by atoms with van der Waals surface area (Å²) >= 11 is 10.8. The maximum absolute atomic E-state index is 14.1. The van der Waals surface area contributed by atoms with E-state index in [0.717, 1.165) is 77.3 Å². The van der Waals surface area contributed by atoms with Gasteiger partial charge < -0.3 is 35.6 Å². The lowest BCUT2D eigenvalue weighted by Crippen LogP contribution is -2.59. The molecular weight excluding hydrogens is 863 g/mol. The number of rotatable bonds is 28. The van der Waals surface area contributed by atoms with Gasteiger partial charge in [-0.05, 0) is 164 Å². The Kier molecular flexibility index (Phi) is 24.3. The molecule has 10 nitrogen and oxygen atoms in total. The fourth-order valence-electron chi connectivity index (χ4n) is 13.3. The molecule has 10 atom stereocenters. The highest BCUT2D eigenvalue weighted by Crippen LogP contribution is 2.69. The molecule has 4 rings (SSSR count). The number of hydrogen-bond acceptors (Lipinski definition) is 7. The summed E-state index contributed by atoms with van der Waals surface area (Å²) < 4.78 is 12.9. The van der Waals surface area contributed by atoms with E-state index in [4.69, 9.17) is 33.9 Å². The van der Waals surface area contributed by atoms with Gasteiger partial charge in [-0.25, -0.2) is 0 Å². The minimum absolute atomic E-state index is 0.0638.